The minimum atomic E-state index is -0.314. The lowest BCUT2D eigenvalue weighted by Gasteiger charge is -2.19. The number of carbonyl (C=O) groups is 1. The zero-order valence-corrected chi connectivity index (χ0v) is 17.8. The van der Waals surface area contributed by atoms with Gasteiger partial charge in [-0.2, -0.15) is 5.10 Å². The van der Waals surface area contributed by atoms with Gasteiger partial charge in [0.2, 0.25) is 0 Å². The molecule has 4 rings (SSSR count). The number of hydrogen-bond acceptors (Lipinski definition) is 4. The van der Waals surface area contributed by atoms with Crippen LogP contribution in [0.5, 0.6) is 0 Å². The lowest BCUT2D eigenvalue weighted by molar-refractivity contribution is -0.116. The Hall–Kier alpha value is -3.58. The van der Waals surface area contributed by atoms with E-state index in [4.69, 9.17) is 0 Å². The Labute approximate surface area is 186 Å². The van der Waals surface area contributed by atoms with Crippen LogP contribution >= 0.6 is 0 Å². The lowest BCUT2D eigenvalue weighted by atomic mass is 9.99. The Morgan fingerprint density at radius 2 is 2.06 bits per heavy atom. The number of pyridine rings is 1. The van der Waals surface area contributed by atoms with Gasteiger partial charge in [-0.15, -0.1) is 0 Å². The van der Waals surface area contributed by atoms with Gasteiger partial charge in [0.1, 0.15) is 5.82 Å². The zero-order chi connectivity index (χ0) is 22.5. The molecule has 2 heterocycles. The third-order valence-electron chi connectivity index (χ3n) is 5.49. The summed E-state index contributed by atoms with van der Waals surface area (Å²) in [6.07, 6.45) is 11.5. The van der Waals surface area contributed by atoms with Crippen LogP contribution in [-0.2, 0) is 11.4 Å². The van der Waals surface area contributed by atoms with Gasteiger partial charge < -0.3 is 10.4 Å². The number of allylic oxidation sites excluding steroid dienone is 2. The molecule has 1 atom stereocenters. The third kappa shape index (κ3) is 4.53. The van der Waals surface area contributed by atoms with Gasteiger partial charge in [0.05, 0.1) is 35.9 Å². The normalized spacial score (nSPS) is 14.2. The molecule has 0 bridgehead atoms. The minimum absolute atomic E-state index is 0.151. The SMILES string of the molecule is CCC(NC(=O)C1=CCCC=Cc2c1cnn2-c1ccc(F)cc1)c1ccnc(CO)c1. The predicted molar refractivity (Wildman–Crippen MR) is 121 cm³/mol. The second-order valence-electron chi connectivity index (χ2n) is 7.60. The number of halogens is 1. The highest BCUT2D eigenvalue weighted by Gasteiger charge is 2.22. The Morgan fingerprint density at radius 3 is 2.81 bits per heavy atom. The molecule has 164 valence electrons. The van der Waals surface area contributed by atoms with Crippen LogP contribution in [0.25, 0.3) is 17.3 Å². The second-order valence-corrected chi connectivity index (χ2v) is 7.60. The average Bonchev–Trinajstić information content (AvgIpc) is 3.20. The summed E-state index contributed by atoms with van der Waals surface area (Å²) in [5.74, 6) is -0.500. The molecule has 0 fully saturated rings. The Kier molecular flexibility index (Phi) is 6.56. The number of fused-ring (bicyclic) bond motifs is 1. The maximum atomic E-state index is 13.4. The first-order chi connectivity index (χ1) is 15.6. The molecule has 7 heteroatoms. The molecule has 1 unspecified atom stereocenters. The van der Waals surface area contributed by atoms with Gasteiger partial charge in [-0.3, -0.25) is 9.78 Å². The molecule has 0 saturated heterocycles. The van der Waals surface area contributed by atoms with Crippen molar-refractivity contribution in [1.82, 2.24) is 20.1 Å². The van der Waals surface area contributed by atoms with Crippen LogP contribution in [0.3, 0.4) is 0 Å². The summed E-state index contributed by atoms with van der Waals surface area (Å²) in [4.78, 5) is 17.5. The van der Waals surface area contributed by atoms with Crippen molar-refractivity contribution >= 4 is 17.6 Å². The number of benzene rings is 1. The van der Waals surface area contributed by atoms with Crippen molar-refractivity contribution in [2.75, 3.05) is 0 Å². The smallest absolute Gasteiger partial charge is 0.252 e. The largest absolute Gasteiger partial charge is 0.390 e. The molecule has 0 saturated carbocycles. The van der Waals surface area contributed by atoms with E-state index >= 15 is 0 Å². The number of aliphatic hydroxyl groups is 1. The van der Waals surface area contributed by atoms with E-state index in [2.05, 4.69) is 15.4 Å². The summed E-state index contributed by atoms with van der Waals surface area (Å²) in [7, 11) is 0. The number of rotatable bonds is 6. The highest BCUT2D eigenvalue weighted by atomic mass is 19.1. The highest BCUT2D eigenvalue weighted by molar-refractivity contribution is 6.20. The van der Waals surface area contributed by atoms with Gasteiger partial charge in [-0.05, 0) is 67.3 Å². The fourth-order valence-corrected chi connectivity index (χ4v) is 3.81. The Morgan fingerprint density at radius 1 is 1.25 bits per heavy atom. The van der Waals surface area contributed by atoms with Gasteiger partial charge in [-0.1, -0.05) is 19.1 Å². The maximum Gasteiger partial charge on any atom is 0.252 e. The van der Waals surface area contributed by atoms with Gasteiger partial charge >= 0.3 is 0 Å². The summed E-state index contributed by atoms with van der Waals surface area (Å²) in [5.41, 5.74) is 4.24. The zero-order valence-electron chi connectivity index (χ0n) is 17.8. The van der Waals surface area contributed by atoms with Crippen LogP contribution < -0.4 is 5.32 Å². The molecule has 2 aromatic heterocycles. The summed E-state index contributed by atoms with van der Waals surface area (Å²) in [5, 5.41) is 17.0. The van der Waals surface area contributed by atoms with Crippen molar-refractivity contribution in [2.45, 2.75) is 38.8 Å². The molecule has 6 nitrogen and oxygen atoms in total. The monoisotopic (exact) mass is 432 g/mol. The van der Waals surface area contributed by atoms with Crippen LogP contribution in [0, 0.1) is 5.82 Å². The first kappa shape index (κ1) is 21.6. The molecule has 32 heavy (non-hydrogen) atoms. The van der Waals surface area contributed by atoms with Crippen LogP contribution in [0.4, 0.5) is 4.39 Å². The van der Waals surface area contributed by atoms with Crippen molar-refractivity contribution < 1.29 is 14.3 Å². The minimum Gasteiger partial charge on any atom is -0.390 e. The number of nitrogens with zero attached hydrogens (tertiary/aromatic N) is 3. The van der Waals surface area contributed by atoms with E-state index in [1.165, 1.54) is 12.1 Å². The lowest BCUT2D eigenvalue weighted by Crippen LogP contribution is -2.29. The van der Waals surface area contributed by atoms with Gasteiger partial charge in [0, 0.05) is 17.3 Å². The molecular formula is C25H25FN4O2. The molecule has 0 spiro atoms. The number of amides is 1. The van der Waals surface area contributed by atoms with Crippen molar-refractivity contribution in [3.63, 3.8) is 0 Å². The Bertz CT molecular complexity index is 1160. The van der Waals surface area contributed by atoms with Gasteiger partial charge in [-0.25, -0.2) is 9.07 Å². The number of carbonyl (C=O) groups excluding carboxylic acids is 1. The quantitative estimate of drug-likeness (QED) is 0.607. The van der Waals surface area contributed by atoms with Crippen LogP contribution in [0.2, 0.25) is 0 Å². The first-order valence-corrected chi connectivity index (χ1v) is 10.7. The van der Waals surface area contributed by atoms with E-state index in [1.54, 1.807) is 29.2 Å². The van der Waals surface area contributed by atoms with Crippen LogP contribution in [0.15, 0.2) is 60.9 Å². The van der Waals surface area contributed by atoms with Crippen molar-refractivity contribution in [1.29, 1.82) is 0 Å². The van der Waals surface area contributed by atoms with E-state index < -0.39 is 0 Å². The molecule has 0 radical (unpaired) electrons. The molecule has 1 aliphatic carbocycles. The van der Waals surface area contributed by atoms with E-state index in [9.17, 15) is 14.3 Å². The van der Waals surface area contributed by atoms with Crippen LogP contribution in [0.1, 0.15) is 54.7 Å². The van der Waals surface area contributed by atoms with Gasteiger partial charge in [0.15, 0.2) is 0 Å². The number of aromatic nitrogens is 3. The van der Waals surface area contributed by atoms with E-state index in [1.807, 2.05) is 37.3 Å². The predicted octanol–water partition coefficient (Wildman–Crippen LogP) is 4.36. The van der Waals surface area contributed by atoms with Crippen molar-refractivity contribution in [3.8, 4) is 5.69 Å². The van der Waals surface area contributed by atoms with E-state index in [0.717, 1.165) is 35.3 Å². The molecule has 2 N–H and O–H groups in total. The van der Waals surface area contributed by atoms with Crippen molar-refractivity contribution in [2.24, 2.45) is 0 Å². The standard InChI is InChI=1S/C25H25FN4O2/c1-2-23(17-12-13-27-19(14-17)16-31)29-25(32)21-6-4-3-5-7-24-22(21)15-28-30(24)20-10-8-18(26)9-11-20/h5-15,23,31H,2-4,16H2,1H3,(H,29,32). The number of aliphatic hydroxyl groups excluding tert-OH is 1. The van der Waals surface area contributed by atoms with Crippen molar-refractivity contribution in [3.05, 3.63) is 89.3 Å². The second kappa shape index (κ2) is 9.70. The summed E-state index contributed by atoms with van der Waals surface area (Å²) in [6.45, 7) is 1.85. The number of nitrogens with one attached hydrogen (secondary N) is 1. The summed E-state index contributed by atoms with van der Waals surface area (Å²) < 4.78 is 15.1. The molecule has 1 amide bonds. The summed E-state index contributed by atoms with van der Waals surface area (Å²) >= 11 is 0. The fraction of sp³-hybridized carbons (Fsp3) is 0.240. The first-order valence-electron chi connectivity index (χ1n) is 10.7. The average molecular weight is 432 g/mol. The third-order valence-corrected chi connectivity index (χ3v) is 5.49. The summed E-state index contributed by atoms with van der Waals surface area (Å²) in [6, 6.07) is 9.54. The van der Waals surface area contributed by atoms with E-state index in [0.29, 0.717) is 17.7 Å². The van der Waals surface area contributed by atoms with Gasteiger partial charge in [0.25, 0.3) is 5.91 Å². The maximum absolute atomic E-state index is 13.4. The molecule has 1 aliphatic rings. The highest BCUT2D eigenvalue weighted by Crippen LogP contribution is 2.28. The fourth-order valence-electron chi connectivity index (χ4n) is 3.81. The molecule has 3 aromatic rings. The Balaban J connectivity index is 1.65. The number of hydrogen-bond donors (Lipinski definition) is 2. The molecular weight excluding hydrogens is 407 g/mol. The molecule has 0 aliphatic heterocycles. The van der Waals surface area contributed by atoms with Crippen LogP contribution in [-0.4, -0.2) is 25.8 Å². The topological polar surface area (TPSA) is 80.0 Å². The van der Waals surface area contributed by atoms with E-state index in [-0.39, 0.29) is 24.4 Å². The molecule has 1 aromatic carbocycles.